The van der Waals surface area contributed by atoms with E-state index >= 15 is 0 Å². The van der Waals surface area contributed by atoms with Crippen molar-refractivity contribution in [2.45, 2.75) is 40.2 Å². The van der Waals surface area contributed by atoms with Crippen LogP contribution in [0.5, 0.6) is 0 Å². The van der Waals surface area contributed by atoms with Crippen molar-refractivity contribution in [1.29, 1.82) is 0 Å². The molecule has 0 radical (unpaired) electrons. The fourth-order valence-corrected chi connectivity index (χ4v) is 3.25. The molecular weight excluding hydrogens is 358 g/mol. The molecule has 1 aromatic carbocycles. The molecule has 0 bridgehead atoms. The second-order valence-electron chi connectivity index (χ2n) is 6.88. The van der Waals surface area contributed by atoms with Gasteiger partial charge in [-0.25, -0.2) is 9.48 Å². The molecule has 0 spiro atoms. The van der Waals surface area contributed by atoms with Gasteiger partial charge in [0.2, 0.25) is 5.91 Å². The lowest BCUT2D eigenvalue weighted by Crippen LogP contribution is -2.19. The van der Waals surface area contributed by atoms with E-state index in [1.54, 1.807) is 31.2 Å². The van der Waals surface area contributed by atoms with Gasteiger partial charge in [-0.2, -0.15) is 10.2 Å². The number of anilines is 1. The molecule has 0 fully saturated rings. The Hall–Kier alpha value is -3.42. The van der Waals surface area contributed by atoms with E-state index in [-0.39, 0.29) is 23.9 Å². The Labute approximate surface area is 162 Å². The number of carboxylic acid groups (broad SMARTS) is 1. The molecule has 1 atom stereocenters. The van der Waals surface area contributed by atoms with Crippen molar-refractivity contribution >= 4 is 17.6 Å². The van der Waals surface area contributed by atoms with Gasteiger partial charge in [-0.15, -0.1) is 0 Å². The summed E-state index contributed by atoms with van der Waals surface area (Å²) in [5, 5.41) is 20.6. The average molecular weight is 381 g/mol. The molecule has 0 saturated heterocycles. The van der Waals surface area contributed by atoms with E-state index in [4.69, 9.17) is 0 Å². The predicted molar refractivity (Wildman–Crippen MR) is 105 cm³/mol. The summed E-state index contributed by atoms with van der Waals surface area (Å²) in [5.74, 6) is -1.15. The number of hydrogen-bond donors (Lipinski definition) is 2. The van der Waals surface area contributed by atoms with Gasteiger partial charge in [-0.1, -0.05) is 6.07 Å². The molecule has 3 rings (SSSR count). The molecule has 1 unspecified atom stereocenters. The Morgan fingerprint density at radius 3 is 2.57 bits per heavy atom. The summed E-state index contributed by atoms with van der Waals surface area (Å²) in [6, 6.07) is 9.05. The molecule has 146 valence electrons. The van der Waals surface area contributed by atoms with Crippen molar-refractivity contribution in [3.63, 3.8) is 0 Å². The number of rotatable bonds is 6. The molecule has 0 aliphatic heterocycles. The van der Waals surface area contributed by atoms with Crippen molar-refractivity contribution in [2.75, 3.05) is 5.32 Å². The molecule has 0 saturated carbocycles. The lowest BCUT2D eigenvalue weighted by atomic mass is 10.2. The van der Waals surface area contributed by atoms with E-state index in [0.29, 0.717) is 17.1 Å². The molecule has 0 aliphatic rings. The van der Waals surface area contributed by atoms with Crippen LogP contribution in [0.15, 0.2) is 36.5 Å². The Morgan fingerprint density at radius 1 is 1.21 bits per heavy atom. The maximum absolute atomic E-state index is 12.5. The normalized spacial score (nSPS) is 12.0. The third kappa shape index (κ3) is 3.95. The van der Waals surface area contributed by atoms with Crippen LogP contribution in [-0.4, -0.2) is 36.5 Å². The first-order valence-corrected chi connectivity index (χ1v) is 8.97. The monoisotopic (exact) mass is 381 g/mol. The van der Waals surface area contributed by atoms with Crippen LogP contribution in [0.25, 0.3) is 5.69 Å². The first-order valence-electron chi connectivity index (χ1n) is 8.97. The number of carbonyl (C=O) groups excluding carboxylic acids is 1. The summed E-state index contributed by atoms with van der Waals surface area (Å²) in [7, 11) is 0. The number of aromatic nitrogens is 4. The molecule has 8 nitrogen and oxygen atoms in total. The van der Waals surface area contributed by atoms with Crippen molar-refractivity contribution in [2.24, 2.45) is 0 Å². The van der Waals surface area contributed by atoms with E-state index in [2.05, 4.69) is 15.5 Å². The predicted octanol–water partition coefficient (Wildman–Crippen LogP) is 3.28. The number of hydrogen-bond acceptors (Lipinski definition) is 4. The Morgan fingerprint density at radius 2 is 1.96 bits per heavy atom. The quantitative estimate of drug-likeness (QED) is 0.682. The van der Waals surface area contributed by atoms with E-state index in [1.165, 1.54) is 10.9 Å². The highest BCUT2D eigenvalue weighted by molar-refractivity contribution is 5.91. The number of aromatic carboxylic acids is 1. The first kappa shape index (κ1) is 19.3. The van der Waals surface area contributed by atoms with Gasteiger partial charge < -0.3 is 10.4 Å². The topological polar surface area (TPSA) is 102 Å². The largest absolute Gasteiger partial charge is 0.478 e. The minimum absolute atomic E-state index is 0.0663. The minimum Gasteiger partial charge on any atom is -0.478 e. The minimum atomic E-state index is -1.02. The molecule has 0 aliphatic carbocycles. The average Bonchev–Trinajstić information content (AvgIpc) is 3.16. The van der Waals surface area contributed by atoms with Gasteiger partial charge in [0, 0.05) is 17.8 Å². The lowest BCUT2D eigenvalue weighted by molar-refractivity contribution is -0.116. The van der Waals surface area contributed by atoms with E-state index in [9.17, 15) is 14.7 Å². The highest BCUT2D eigenvalue weighted by Crippen LogP contribution is 2.20. The van der Waals surface area contributed by atoms with Gasteiger partial charge >= 0.3 is 5.97 Å². The van der Waals surface area contributed by atoms with Gasteiger partial charge in [0.15, 0.2) is 0 Å². The van der Waals surface area contributed by atoms with Gasteiger partial charge in [-0.3, -0.25) is 9.48 Å². The van der Waals surface area contributed by atoms with Crippen LogP contribution in [0.4, 0.5) is 5.69 Å². The Kier molecular flexibility index (Phi) is 5.30. The SMILES string of the molecule is Cc1cc(C)n(C(C)CC(=O)Nc2cccc(-n3ncc(C(=O)O)c3C)c2)n1. The summed E-state index contributed by atoms with van der Waals surface area (Å²) in [5.41, 5.74) is 3.91. The van der Waals surface area contributed by atoms with Gasteiger partial charge in [0.1, 0.15) is 5.56 Å². The summed E-state index contributed by atoms with van der Waals surface area (Å²) in [6.45, 7) is 7.54. The standard InChI is InChI=1S/C20H23N5O3/c1-12-8-13(2)24(23-12)14(3)9-19(26)22-16-6-5-7-17(10-16)25-15(4)18(11-21-25)20(27)28/h5-8,10-11,14H,9H2,1-4H3,(H,22,26)(H,27,28). The maximum atomic E-state index is 12.5. The van der Waals surface area contributed by atoms with Crippen molar-refractivity contribution in [3.05, 3.63) is 59.2 Å². The van der Waals surface area contributed by atoms with Gasteiger partial charge in [0.25, 0.3) is 0 Å². The third-order valence-corrected chi connectivity index (χ3v) is 4.56. The number of nitrogens with zero attached hydrogens (tertiary/aromatic N) is 4. The molecule has 8 heteroatoms. The number of amides is 1. The second kappa shape index (κ2) is 7.67. The zero-order valence-electron chi connectivity index (χ0n) is 16.3. The smallest absolute Gasteiger partial charge is 0.339 e. The van der Waals surface area contributed by atoms with E-state index < -0.39 is 5.97 Å². The van der Waals surface area contributed by atoms with Crippen molar-refractivity contribution in [3.8, 4) is 5.69 Å². The molecule has 2 aromatic heterocycles. The third-order valence-electron chi connectivity index (χ3n) is 4.56. The van der Waals surface area contributed by atoms with Crippen molar-refractivity contribution < 1.29 is 14.7 Å². The summed E-state index contributed by atoms with van der Waals surface area (Å²) < 4.78 is 3.39. The van der Waals surface area contributed by atoms with Crippen LogP contribution < -0.4 is 5.32 Å². The van der Waals surface area contributed by atoms with Crippen LogP contribution >= 0.6 is 0 Å². The number of nitrogens with one attached hydrogen (secondary N) is 1. The number of carboxylic acids is 1. The Bertz CT molecular complexity index is 1030. The molecule has 28 heavy (non-hydrogen) atoms. The second-order valence-corrected chi connectivity index (χ2v) is 6.88. The fraction of sp³-hybridized carbons (Fsp3) is 0.300. The number of carbonyl (C=O) groups is 2. The van der Waals surface area contributed by atoms with Gasteiger partial charge in [-0.05, 0) is 52.0 Å². The summed E-state index contributed by atoms with van der Waals surface area (Å²) in [4.78, 5) is 23.7. The molecular formula is C20H23N5O3. The zero-order chi connectivity index (χ0) is 20.4. The zero-order valence-corrected chi connectivity index (χ0v) is 16.3. The highest BCUT2D eigenvalue weighted by atomic mass is 16.4. The number of benzene rings is 1. The lowest BCUT2D eigenvalue weighted by Gasteiger charge is -2.14. The highest BCUT2D eigenvalue weighted by Gasteiger charge is 2.16. The molecule has 3 aromatic rings. The van der Waals surface area contributed by atoms with Crippen molar-refractivity contribution in [1.82, 2.24) is 19.6 Å². The number of aryl methyl sites for hydroxylation is 2. The van der Waals surface area contributed by atoms with Crippen LogP contribution in [0.2, 0.25) is 0 Å². The van der Waals surface area contributed by atoms with Crippen LogP contribution in [0.1, 0.15) is 46.8 Å². The van der Waals surface area contributed by atoms with Crippen LogP contribution in [0, 0.1) is 20.8 Å². The molecule has 2 heterocycles. The molecule has 2 N–H and O–H groups in total. The van der Waals surface area contributed by atoms with Crippen LogP contribution in [-0.2, 0) is 4.79 Å². The summed E-state index contributed by atoms with van der Waals surface area (Å²) >= 11 is 0. The molecule has 1 amide bonds. The van der Waals surface area contributed by atoms with E-state index in [0.717, 1.165) is 11.4 Å². The first-order chi connectivity index (χ1) is 13.3. The van der Waals surface area contributed by atoms with Crippen LogP contribution in [0.3, 0.4) is 0 Å². The van der Waals surface area contributed by atoms with E-state index in [1.807, 2.05) is 31.5 Å². The summed E-state index contributed by atoms with van der Waals surface area (Å²) in [6.07, 6.45) is 1.61. The fourth-order valence-electron chi connectivity index (χ4n) is 3.25. The van der Waals surface area contributed by atoms with Gasteiger partial charge in [0.05, 0.1) is 29.3 Å². The Balaban J connectivity index is 1.73. The maximum Gasteiger partial charge on any atom is 0.339 e.